The van der Waals surface area contributed by atoms with Crippen LogP contribution in [0.25, 0.3) is 0 Å². The molecule has 2 aromatic rings. The van der Waals surface area contributed by atoms with Crippen molar-refractivity contribution >= 4 is 16.1 Å². The summed E-state index contributed by atoms with van der Waals surface area (Å²) < 4.78 is 29.1. The highest BCUT2D eigenvalue weighted by molar-refractivity contribution is 7.87. The average molecular weight is 389 g/mol. The summed E-state index contributed by atoms with van der Waals surface area (Å²) in [5.74, 6) is -0.505. The fourth-order valence-electron chi connectivity index (χ4n) is 2.94. The number of carbonyl (C=O) groups excluding carboxylic acids is 1. The van der Waals surface area contributed by atoms with Crippen LogP contribution in [0.4, 0.5) is 0 Å². The van der Waals surface area contributed by atoms with Gasteiger partial charge in [-0.3, -0.25) is 4.79 Å². The van der Waals surface area contributed by atoms with Crippen LogP contribution in [0.2, 0.25) is 0 Å². The molecule has 5 nitrogen and oxygen atoms in total. The minimum atomic E-state index is -3.93. The fourth-order valence-corrected chi connectivity index (χ4v) is 4.67. The SMILES string of the molecule is CCCN(CCC)S(=O)(=O)N(Cc1cccc(C)c1)C(=O)c1ccccc1. The van der Waals surface area contributed by atoms with E-state index in [2.05, 4.69) is 0 Å². The lowest BCUT2D eigenvalue weighted by Gasteiger charge is -2.30. The summed E-state index contributed by atoms with van der Waals surface area (Å²) in [6.07, 6.45) is 1.38. The Morgan fingerprint density at radius 3 is 2.11 bits per heavy atom. The van der Waals surface area contributed by atoms with Gasteiger partial charge >= 0.3 is 10.2 Å². The Hall–Kier alpha value is -2.18. The molecule has 0 fully saturated rings. The lowest BCUT2D eigenvalue weighted by Crippen LogP contribution is -2.47. The van der Waals surface area contributed by atoms with Gasteiger partial charge in [-0.2, -0.15) is 12.7 Å². The first-order chi connectivity index (χ1) is 12.9. The molecule has 0 saturated heterocycles. The van der Waals surface area contributed by atoms with Gasteiger partial charge in [-0.25, -0.2) is 4.31 Å². The molecule has 0 radical (unpaired) electrons. The van der Waals surface area contributed by atoms with Crippen LogP contribution in [0.3, 0.4) is 0 Å². The largest absolute Gasteiger partial charge is 0.306 e. The zero-order valence-corrected chi connectivity index (χ0v) is 17.1. The topological polar surface area (TPSA) is 57.7 Å². The Balaban J connectivity index is 2.46. The maximum Gasteiger partial charge on any atom is 0.306 e. The first-order valence-corrected chi connectivity index (χ1v) is 10.7. The van der Waals surface area contributed by atoms with Crippen LogP contribution in [0.1, 0.15) is 48.2 Å². The second-order valence-electron chi connectivity index (χ2n) is 6.57. The minimum absolute atomic E-state index is 0.0155. The van der Waals surface area contributed by atoms with Crippen molar-refractivity contribution in [3.8, 4) is 0 Å². The summed E-state index contributed by atoms with van der Waals surface area (Å²) in [5, 5.41) is 0. The predicted octanol–water partition coefficient (Wildman–Crippen LogP) is 4.00. The van der Waals surface area contributed by atoms with Crippen LogP contribution in [-0.4, -0.2) is 36.0 Å². The number of rotatable bonds is 9. The van der Waals surface area contributed by atoms with E-state index in [1.807, 2.05) is 45.0 Å². The van der Waals surface area contributed by atoms with Crippen LogP contribution in [0.5, 0.6) is 0 Å². The molecule has 2 aromatic carbocycles. The molecule has 0 bridgehead atoms. The van der Waals surface area contributed by atoms with Crippen molar-refractivity contribution in [1.29, 1.82) is 0 Å². The minimum Gasteiger partial charge on any atom is -0.268 e. The predicted molar refractivity (Wildman–Crippen MR) is 109 cm³/mol. The van der Waals surface area contributed by atoms with E-state index in [-0.39, 0.29) is 6.54 Å². The number of benzene rings is 2. The average Bonchev–Trinajstić information content (AvgIpc) is 2.66. The van der Waals surface area contributed by atoms with Gasteiger partial charge in [0, 0.05) is 18.7 Å². The van der Waals surface area contributed by atoms with Crippen molar-refractivity contribution in [3.63, 3.8) is 0 Å². The van der Waals surface area contributed by atoms with Crippen molar-refractivity contribution in [3.05, 3.63) is 71.3 Å². The molecule has 0 unspecified atom stereocenters. The highest BCUT2D eigenvalue weighted by Gasteiger charge is 2.33. The lowest BCUT2D eigenvalue weighted by molar-refractivity contribution is 0.0846. The van der Waals surface area contributed by atoms with Crippen LogP contribution in [0, 0.1) is 6.92 Å². The van der Waals surface area contributed by atoms with Gasteiger partial charge in [-0.05, 0) is 37.5 Å². The molecule has 146 valence electrons. The van der Waals surface area contributed by atoms with Gasteiger partial charge in [-0.1, -0.05) is 61.9 Å². The van der Waals surface area contributed by atoms with Crippen LogP contribution >= 0.6 is 0 Å². The Morgan fingerprint density at radius 2 is 1.56 bits per heavy atom. The molecule has 27 heavy (non-hydrogen) atoms. The summed E-state index contributed by atoms with van der Waals surface area (Å²) in [4.78, 5) is 13.1. The molecule has 0 heterocycles. The molecule has 0 saturated carbocycles. The number of hydrogen-bond acceptors (Lipinski definition) is 3. The maximum atomic E-state index is 13.3. The highest BCUT2D eigenvalue weighted by atomic mass is 32.2. The molecule has 0 aliphatic carbocycles. The van der Waals surface area contributed by atoms with Crippen LogP contribution in [0.15, 0.2) is 54.6 Å². The summed E-state index contributed by atoms with van der Waals surface area (Å²) in [6, 6.07) is 16.1. The molecule has 2 rings (SSSR count). The second-order valence-corrected chi connectivity index (χ2v) is 8.43. The van der Waals surface area contributed by atoms with E-state index in [1.54, 1.807) is 30.3 Å². The van der Waals surface area contributed by atoms with Gasteiger partial charge in [0.25, 0.3) is 5.91 Å². The van der Waals surface area contributed by atoms with E-state index in [0.29, 0.717) is 31.5 Å². The number of aryl methyl sites for hydroxylation is 1. The normalized spacial score (nSPS) is 11.6. The van der Waals surface area contributed by atoms with E-state index in [4.69, 9.17) is 0 Å². The summed E-state index contributed by atoms with van der Waals surface area (Å²) >= 11 is 0. The Kier molecular flexibility index (Phi) is 7.56. The van der Waals surface area contributed by atoms with E-state index < -0.39 is 16.1 Å². The van der Waals surface area contributed by atoms with Crippen molar-refractivity contribution in [2.24, 2.45) is 0 Å². The smallest absolute Gasteiger partial charge is 0.268 e. The maximum absolute atomic E-state index is 13.3. The van der Waals surface area contributed by atoms with Crippen molar-refractivity contribution < 1.29 is 13.2 Å². The molecule has 0 aliphatic heterocycles. The van der Waals surface area contributed by atoms with Crippen molar-refractivity contribution in [2.75, 3.05) is 13.1 Å². The van der Waals surface area contributed by atoms with Crippen molar-refractivity contribution in [1.82, 2.24) is 8.61 Å². The first kappa shape index (κ1) is 21.1. The molecular weight excluding hydrogens is 360 g/mol. The van der Waals surface area contributed by atoms with Gasteiger partial charge < -0.3 is 0 Å². The van der Waals surface area contributed by atoms with E-state index in [1.165, 1.54) is 4.31 Å². The highest BCUT2D eigenvalue weighted by Crippen LogP contribution is 2.19. The third-order valence-corrected chi connectivity index (χ3v) is 6.08. The quantitative estimate of drug-likeness (QED) is 0.652. The second kappa shape index (κ2) is 9.67. The third-order valence-electron chi connectivity index (χ3n) is 4.21. The van der Waals surface area contributed by atoms with Gasteiger partial charge in [0.05, 0.1) is 6.54 Å². The molecule has 0 aromatic heterocycles. The number of nitrogens with zero attached hydrogens (tertiary/aromatic N) is 2. The summed E-state index contributed by atoms with van der Waals surface area (Å²) in [5.41, 5.74) is 2.17. The Bertz CT molecular complexity index is 845. The molecule has 0 spiro atoms. The molecule has 1 amide bonds. The molecule has 6 heteroatoms. The van der Waals surface area contributed by atoms with Gasteiger partial charge in [0.2, 0.25) is 0 Å². The Labute approximate surface area is 162 Å². The number of hydrogen-bond donors (Lipinski definition) is 0. The van der Waals surface area contributed by atoms with Crippen molar-refractivity contribution in [2.45, 2.75) is 40.2 Å². The lowest BCUT2D eigenvalue weighted by atomic mass is 10.1. The van der Waals surface area contributed by atoms with E-state index in [0.717, 1.165) is 15.4 Å². The molecule has 0 aliphatic rings. The van der Waals surface area contributed by atoms with E-state index in [9.17, 15) is 13.2 Å². The number of amides is 1. The zero-order chi connectivity index (χ0) is 19.9. The molecular formula is C21H28N2O3S. The standard InChI is InChI=1S/C21H28N2O3S/c1-4-14-22(15-5-2)27(25,26)23(17-19-11-9-10-18(3)16-19)21(24)20-12-7-6-8-13-20/h6-13,16H,4-5,14-15,17H2,1-3H3. The molecule has 0 atom stereocenters. The fraction of sp³-hybridized carbons (Fsp3) is 0.381. The van der Waals surface area contributed by atoms with Crippen LogP contribution in [-0.2, 0) is 16.8 Å². The zero-order valence-electron chi connectivity index (χ0n) is 16.3. The Morgan fingerprint density at radius 1 is 0.926 bits per heavy atom. The van der Waals surface area contributed by atoms with Crippen LogP contribution < -0.4 is 0 Å². The summed E-state index contributed by atoms with van der Waals surface area (Å²) in [6.45, 7) is 6.61. The van der Waals surface area contributed by atoms with Gasteiger partial charge in [-0.15, -0.1) is 0 Å². The first-order valence-electron chi connectivity index (χ1n) is 9.32. The number of carbonyl (C=O) groups is 1. The monoisotopic (exact) mass is 388 g/mol. The van der Waals surface area contributed by atoms with Gasteiger partial charge in [0.1, 0.15) is 0 Å². The summed E-state index contributed by atoms with van der Waals surface area (Å²) in [7, 11) is -3.93. The van der Waals surface area contributed by atoms with Gasteiger partial charge in [0.15, 0.2) is 0 Å². The van der Waals surface area contributed by atoms with E-state index >= 15 is 0 Å². The molecule has 0 N–H and O–H groups in total. The third kappa shape index (κ3) is 5.40.